The third-order valence-corrected chi connectivity index (χ3v) is 5.39. The van der Waals surface area contributed by atoms with Crippen LogP contribution >= 0.6 is 0 Å². The van der Waals surface area contributed by atoms with E-state index in [-0.39, 0.29) is 5.91 Å². The second-order valence-corrected chi connectivity index (χ2v) is 7.26. The van der Waals surface area contributed by atoms with E-state index in [1.165, 1.54) is 19.1 Å². The van der Waals surface area contributed by atoms with Crippen molar-refractivity contribution in [2.45, 2.75) is 44.2 Å². The van der Waals surface area contributed by atoms with E-state index in [9.17, 15) is 4.79 Å². The molecule has 0 atom stereocenters. The van der Waals surface area contributed by atoms with Crippen LogP contribution in [0.3, 0.4) is 0 Å². The molecule has 0 unspecified atom stereocenters. The average molecular weight is 367 g/mol. The molecule has 3 aromatic rings. The molecule has 1 saturated heterocycles. The monoisotopic (exact) mass is 367 g/mol. The van der Waals surface area contributed by atoms with Crippen LogP contribution in [0.1, 0.15) is 59.8 Å². The standard InChI is InChI=1S/C18H21N7O2/c26-18(15-5-10-27-22-15)24-7-3-13(4-8-24)17-21-20-16(25(17)14-1-2-14)11-23-9-6-19-12-23/h5-6,9-10,12-14H,1-4,7-8,11H2. The number of carbonyl (C=O) groups excluding carboxylic acids is 1. The fraction of sp³-hybridized carbons (Fsp3) is 0.500. The van der Waals surface area contributed by atoms with Gasteiger partial charge in [-0.1, -0.05) is 5.16 Å². The molecule has 1 aliphatic carbocycles. The lowest BCUT2D eigenvalue weighted by molar-refractivity contribution is 0.0699. The minimum Gasteiger partial charge on any atom is -0.364 e. The lowest BCUT2D eigenvalue weighted by atomic mass is 9.95. The SMILES string of the molecule is O=C(c1ccon1)N1CCC(c2nnc(Cn3ccnc3)n2C2CC2)CC1. The summed E-state index contributed by atoms with van der Waals surface area (Å²) in [5, 5.41) is 12.8. The van der Waals surface area contributed by atoms with E-state index in [4.69, 9.17) is 4.52 Å². The minimum absolute atomic E-state index is 0.0633. The first-order valence-electron chi connectivity index (χ1n) is 9.38. The lowest BCUT2D eigenvalue weighted by Crippen LogP contribution is -2.38. The highest BCUT2D eigenvalue weighted by Gasteiger charge is 2.34. The molecule has 0 bridgehead atoms. The van der Waals surface area contributed by atoms with Gasteiger partial charge in [0.1, 0.15) is 12.1 Å². The van der Waals surface area contributed by atoms with Crippen LogP contribution in [0.25, 0.3) is 0 Å². The quantitative estimate of drug-likeness (QED) is 0.683. The van der Waals surface area contributed by atoms with Crippen LogP contribution < -0.4 is 0 Å². The molecule has 9 heteroatoms. The van der Waals surface area contributed by atoms with E-state index >= 15 is 0 Å². The highest BCUT2D eigenvalue weighted by molar-refractivity contribution is 5.92. The molecule has 27 heavy (non-hydrogen) atoms. The van der Waals surface area contributed by atoms with Crippen molar-refractivity contribution in [3.8, 4) is 0 Å². The zero-order valence-corrected chi connectivity index (χ0v) is 14.9. The third-order valence-electron chi connectivity index (χ3n) is 5.39. The topological polar surface area (TPSA) is 94.9 Å². The Morgan fingerprint density at radius 2 is 2.04 bits per heavy atom. The van der Waals surface area contributed by atoms with Crippen LogP contribution in [-0.2, 0) is 6.54 Å². The molecule has 3 aromatic heterocycles. The maximum Gasteiger partial charge on any atom is 0.276 e. The Balaban J connectivity index is 1.31. The number of hydrogen-bond donors (Lipinski definition) is 0. The minimum atomic E-state index is -0.0633. The van der Waals surface area contributed by atoms with Gasteiger partial charge in [0.05, 0.1) is 12.9 Å². The molecule has 0 radical (unpaired) electrons. The van der Waals surface area contributed by atoms with Crippen LogP contribution in [0.15, 0.2) is 35.6 Å². The van der Waals surface area contributed by atoms with Gasteiger partial charge in [0.25, 0.3) is 5.91 Å². The van der Waals surface area contributed by atoms with E-state index in [1.54, 1.807) is 18.6 Å². The number of amides is 1. The second kappa shape index (κ2) is 6.64. The van der Waals surface area contributed by atoms with Crippen molar-refractivity contribution in [2.24, 2.45) is 0 Å². The molecule has 1 saturated carbocycles. The molecule has 0 spiro atoms. The summed E-state index contributed by atoms with van der Waals surface area (Å²) in [5.41, 5.74) is 0.372. The zero-order chi connectivity index (χ0) is 18.2. The molecule has 1 aliphatic heterocycles. The first-order chi connectivity index (χ1) is 13.3. The molecule has 1 amide bonds. The van der Waals surface area contributed by atoms with Crippen LogP contribution in [0, 0.1) is 0 Å². The Morgan fingerprint density at radius 3 is 2.70 bits per heavy atom. The van der Waals surface area contributed by atoms with Crippen LogP contribution in [0.5, 0.6) is 0 Å². The smallest absolute Gasteiger partial charge is 0.276 e. The molecule has 9 nitrogen and oxygen atoms in total. The number of hydrogen-bond acceptors (Lipinski definition) is 6. The van der Waals surface area contributed by atoms with E-state index in [1.807, 2.05) is 15.7 Å². The van der Waals surface area contributed by atoms with Gasteiger partial charge in [-0.2, -0.15) is 0 Å². The lowest BCUT2D eigenvalue weighted by Gasteiger charge is -2.31. The molecule has 0 aromatic carbocycles. The van der Waals surface area contributed by atoms with Crippen molar-refractivity contribution in [3.05, 3.63) is 48.4 Å². The number of aromatic nitrogens is 6. The van der Waals surface area contributed by atoms with Crippen molar-refractivity contribution in [1.29, 1.82) is 0 Å². The number of likely N-dealkylation sites (tertiary alicyclic amines) is 1. The Bertz CT molecular complexity index is 904. The average Bonchev–Trinajstić information content (AvgIpc) is 3.12. The predicted octanol–water partition coefficient (Wildman–Crippen LogP) is 1.87. The van der Waals surface area contributed by atoms with Gasteiger partial charge in [-0.15, -0.1) is 10.2 Å². The Labute approximate surface area is 156 Å². The van der Waals surface area contributed by atoms with E-state index < -0.39 is 0 Å². The number of piperidine rings is 1. The van der Waals surface area contributed by atoms with Crippen molar-refractivity contribution >= 4 is 5.91 Å². The molecule has 5 rings (SSSR count). The van der Waals surface area contributed by atoms with Gasteiger partial charge in [-0.25, -0.2) is 4.98 Å². The fourth-order valence-corrected chi connectivity index (χ4v) is 3.82. The summed E-state index contributed by atoms with van der Waals surface area (Å²) in [4.78, 5) is 18.4. The fourth-order valence-electron chi connectivity index (χ4n) is 3.82. The van der Waals surface area contributed by atoms with Crippen molar-refractivity contribution in [3.63, 3.8) is 0 Å². The van der Waals surface area contributed by atoms with Gasteiger partial charge >= 0.3 is 0 Å². The van der Waals surface area contributed by atoms with E-state index in [0.29, 0.717) is 37.3 Å². The van der Waals surface area contributed by atoms with Gasteiger partial charge in [-0.3, -0.25) is 4.79 Å². The van der Waals surface area contributed by atoms with Crippen molar-refractivity contribution in [1.82, 2.24) is 34.4 Å². The number of rotatable bonds is 5. The first kappa shape index (κ1) is 16.2. The Kier molecular flexibility index (Phi) is 3.99. The summed E-state index contributed by atoms with van der Waals surface area (Å²) in [6, 6.07) is 2.13. The van der Waals surface area contributed by atoms with Gasteiger partial charge in [-0.05, 0) is 25.7 Å². The number of nitrogens with zero attached hydrogens (tertiary/aromatic N) is 7. The molecule has 4 heterocycles. The molecule has 2 aliphatic rings. The van der Waals surface area contributed by atoms with E-state index in [0.717, 1.165) is 24.5 Å². The van der Waals surface area contributed by atoms with Gasteiger partial charge in [0, 0.05) is 43.5 Å². The van der Waals surface area contributed by atoms with Gasteiger partial charge in [0.15, 0.2) is 11.5 Å². The summed E-state index contributed by atoms with van der Waals surface area (Å²) < 4.78 is 9.14. The van der Waals surface area contributed by atoms with Crippen LogP contribution in [0.2, 0.25) is 0 Å². The normalized spacial score (nSPS) is 18.1. The highest BCUT2D eigenvalue weighted by Crippen LogP contribution is 2.40. The van der Waals surface area contributed by atoms with E-state index in [2.05, 4.69) is 24.9 Å². The Morgan fingerprint density at radius 1 is 1.19 bits per heavy atom. The maximum absolute atomic E-state index is 12.4. The molecular formula is C18H21N7O2. The molecule has 0 N–H and O–H groups in total. The van der Waals surface area contributed by atoms with Crippen LogP contribution in [-0.4, -0.2) is 53.4 Å². The molecule has 2 fully saturated rings. The number of carbonyl (C=O) groups is 1. The summed E-state index contributed by atoms with van der Waals surface area (Å²) >= 11 is 0. The predicted molar refractivity (Wildman–Crippen MR) is 94.0 cm³/mol. The number of imidazole rings is 1. The maximum atomic E-state index is 12.4. The second-order valence-electron chi connectivity index (χ2n) is 7.26. The highest BCUT2D eigenvalue weighted by atomic mass is 16.5. The Hall–Kier alpha value is -2.97. The van der Waals surface area contributed by atoms with Crippen molar-refractivity contribution in [2.75, 3.05) is 13.1 Å². The van der Waals surface area contributed by atoms with Gasteiger partial charge < -0.3 is 18.6 Å². The first-order valence-corrected chi connectivity index (χ1v) is 9.38. The van der Waals surface area contributed by atoms with Crippen LogP contribution in [0.4, 0.5) is 0 Å². The third kappa shape index (κ3) is 3.13. The summed E-state index contributed by atoms with van der Waals surface area (Å²) in [6.07, 6.45) is 11.1. The summed E-state index contributed by atoms with van der Waals surface area (Å²) in [7, 11) is 0. The van der Waals surface area contributed by atoms with Crippen molar-refractivity contribution < 1.29 is 9.32 Å². The largest absolute Gasteiger partial charge is 0.364 e. The molecular weight excluding hydrogens is 346 g/mol. The zero-order valence-electron chi connectivity index (χ0n) is 14.9. The van der Waals surface area contributed by atoms with Gasteiger partial charge in [0.2, 0.25) is 0 Å². The summed E-state index contributed by atoms with van der Waals surface area (Å²) in [6.45, 7) is 2.09. The summed E-state index contributed by atoms with van der Waals surface area (Å²) in [5.74, 6) is 2.33. The molecule has 140 valence electrons.